The summed E-state index contributed by atoms with van der Waals surface area (Å²) in [6, 6.07) is 14.8. The Kier molecular flexibility index (Phi) is 2.49. The van der Waals surface area contributed by atoms with Gasteiger partial charge in [0.1, 0.15) is 5.75 Å². The summed E-state index contributed by atoms with van der Waals surface area (Å²) in [5, 5.41) is 9.49. The van der Waals surface area contributed by atoms with E-state index in [-0.39, 0.29) is 17.5 Å². The summed E-state index contributed by atoms with van der Waals surface area (Å²) in [7, 11) is 0. The lowest BCUT2D eigenvalue weighted by molar-refractivity contribution is -0.115. The molecular formula is C16H12O2. The summed E-state index contributed by atoms with van der Waals surface area (Å²) in [4.78, 5) is 12.1. The van der Waals surface area contributed by atoms with Gasteiger partial charge in [0, 0.05) is 0 Å². The lowest BCUT2D eigenvalue weighted by Crippen LogP contribution is -2.15. The molecule has 0 heterocycles. The van der Waals surface area contributed by atoms with Crippen molar-refractivity contribution in [1.29, 1.82) is 0 Å². The highest BCUT2D eigenvalue weighted by molar-refractivity contribution is 6.04. The minimum Gasteiger partial charge on any atom is -0.508 e. The second-order valence-electron chi connectivity index (χ2n) is 4.39. The smallest absolute Gasteiger partial charge is 0.167 e. The van der Waals surface area contributed by atoms with Crippen LogP contribution in [0.2, 0.25) is 0 Å². The van der Waals surface area contributed by atoms with Crippen molar-refractivity contribution in [3.8, 4) is 5.75 Å². The quantitative estimate of drug-likeness (QED) is 0.826. The lowest BCUT2D eigenvalue weighted by atomic mass is 9.81. The van der Waals surface area contributed by atoms with Crippen molar-refractivity contribution in [2.45, 2.75) is 5.92 Å². The molecule has 0 aliphatic heterocycles. The third-order valence-electron chi connectivity index (χ3n) is 3.23. The second-order valence-corrected chi connectivity index (χ2v) is 4.39. The average Bonchev–Trinajstić information content (AvgIpc) is 2.40. The Morgan fingerprint density at radius 3 is 2.50 bits per heavy atom. The molecule has 2 aromatic rings. The van der Waals surface area contributed by atoms with Crippen LogP contribution < -0.4 is 0 Å². The van der Waals surface area contributed by atoms with Gasteiger partial charge in [-0.1, -0.05) is 42.5 Å². The van der Waals surface area contributed by atoms with Gasteiger partial charge in [0.25, 0.3) is 0 Å². The molecule has 1 aliphatic carbocycles. The molecule has 0 aromatic heterocycles. The summed E-state index contributed by atoms with van der Waals surface area (Å²) in [5.74, 6) is 0.0470. The van der Waals surface area contributed by atoms with E-state index >= 15 is 0 Å². The zero-order valence-electron chi connectivity index (χ0n) is 9.71. The van der Waals surface area contributed by atoms with Gasteiger partial charge in [0.2, 0.25) is 0 Å². The lowest BCUT2D eigenvalue weighted by Gasteiger charge is -2.21. The van der Waals surface area contributed by atoms with Crippen LogP contribution in [0, 0.1) is 0 Å². The Bertz CT molecular complexity index is 627. The molecule has 0 radical (unpaired) electrons. The van der Waals surface area contributed by atoms with Gasteiger partial charge in [-0.15, -0.1) is 0 Å². The Labute approximate surface area is 105 Å². The molecule has 18 heavy (non-hydrogen) atoms. The first-order valence-corrected chi connectivity index (χ1v) is 5.85. The maximum Gasteiger partial charge on any atom is 0.167 e. The highest BCUT2D eigenvalue weighted by atomic mass is 16.3. The number of phenolic OH excluding ortho intramolecular Hbond substituents is 1. The Balaban J connectivity index is 2.17. The number of ketones is 1. The van der Waals surface area contributed by atoms with Gasteiger partial charge in [-0.25, -0.2) is 0 Å². The van der Waals surface area contributed by atoms with Crippen molar-refractivity contribution < 1.29 is 9.90 Å². The molecule has 0 saturated heterocycles. The molecule has 1 unspecified atom stereocenters. The Morgan fingerprint density at radius 2 is 1.72 bits per heavy atom. The number of aromatic hydroxyl groups is 1. The summed E-state index contributed by atoms with van der Waals surface area (Å²) in [6.07, 6.45) is 3.34. The van der Waals surface area contributed by atoms with Crippen LogP contribution in [0.15, 0.2) is 54.6 Å². The van der Waals surface area contributed by atoms with Gasteiger partial charge in [0.15, 0.2) is 5.78 Å². The predicted octanol–water partition coefficient (Wildman–Crippen LogP) is 3.12. The normalized spacial score (nSPS) is 17.6. The largest absolute Gasteiger partial charge is 0.508 e. The van der Waals surface area contributed by atoms with Crippen LogP contribution in [0.1, 0.15) is 22.6 Å². The van der Waals surface area contributed by atoms with Gasteiger partial charge in [-0.2, -0.15) is 0 Å². The molecule has 2 heteroatoms. The molecule has 1 atom stereocenters. The van der Waals surface area contributed by atoms with Crippen molar-refractivity contribution in [2.24, 2.45) is 0 Å². The number of carbonyl (C=O) groups excluding carboxylic acids is 1. The van der Waals surface area contributed by atoms with Crippen LogP contribution in [-0.2, 0) is 4.79 Å². The molecule has 0 spiro atoms. The molecule has 2 nitrogen and oxygen atoms in total. The van der Waals surface area contributed by atoms with Gasteiger partial charge in [-0.05, 0) is 34.9 Å². The number of phenols is 1. The second kappa shape index (κ2) is 4.15. The highest BCUT2D eigenvalue weighted by Gasteiger charge is 2.25. The van der Waals surface area contributed by atoms with E-state index in [1.807, 2.05) is 36.4 Å². The minimum atomic E-state index is -0.258. The molecule has 3 rings (SSSR count). The van der Waals surface area contributed by atoms with Crippen LogP contribution >= 0.6 is 0 Å². The molecule has 1 N–H and O–H groups in total. The molecule has 1 aliphatic rings. The van der Waals surface area contributed by atoms with E-state index < -0.39 is 0 Å². The van der Waals surface area contributed by atoms with Gasteiger partial charge >= 0.3 is 0 Å². The van der Waals surface area contributed by atoms with E-state index in [0.717, 1.165) is 16.7 Å². The van der Waals surface area contributed by atoms with Gasteiger partial charge < -0.3 is 5.11 Å². The van der Waals surface area contributed by atoms with Crippen molar-refractivity contribution in [3.05, 3.63) is 71.3 Å². The molecule has 88 valence electrons. The van der Waals surface area contributed by atoms with Crippen LogP contribution in [0.4, 0.5) is 0 Å². The molecular weight excluding hydrogens is 224 g/mol. The van der Waals surface area contributed by atoms with E-state index in [0.29, 0.717) is 0 Å². The monoisotopic (exact) mass is 236 g/mol. The molecule has 0 saturated carbocycles. The zero-order valence-corrected chi connectivity index (χ0v) is 9.71. The number of benzene rings is 2. The fraction of sp³-hybridized carbons (Fsp3) is 0.0625. The summed E-state index contributed by atoms with van der Waals surface area (Å²) >= 11 is 0. The first-order chi connectivity index (χ1) is 8.75. The highest BCUT2D eigenvalue weighted by Crippen LogP contribution is 2.34. The van der Waals surface area contributed by atoms with Crippen molar-refractivity contribution in [1.82, 2.24) is 0 Å². The summed E-state index contributed by atoms with van der Waals surface area (Å²) in [6.45, 7) is 0. The van der Waals surface area contributed by atoms with E-state index in [1.54, 1.807) is 24.3 Å². The number of rotatable bonds is 1. The van der Waals surface area contributed by atoms with Crippen LogP contribution in [0.3, 0.4) is 0 Å². The first kappa shape index (κ1) is 10.8. The Hall–Kier alpha value is -2.35. The molecule has 0 fully saturated rings. The zero-order chi connectivity index (χ0) is 12.5. The maximum absolute atomic E-state index is 12.1. The number of fused-ring (bicyclic) bond motifs is 1. The number of carbonyl (C=O) groups is 1. The van der Waals surface area contributed by atoms with E-state index in [1.165, 1.54) is 0 Å². The van der Waals surface area contributed by atoms with Crippen LogP contribution in [0.25, 0.3) is 6.08 Å². The van der Waals surface area contributed by atoms with Crippen molar-refractivity contribution >= 4 is 11.9 Å². The van der Waals surface area contributed by atoms with Crippen LogP contribution in [-0.4, -0.2) is 10.9 Å². The molecule has 0 bridgehead atoms. The van der Waals surface area contributed by atoms with Crippen molar-refractivity contribution in [2.75, 3.05) is 0 Å². The van der Waals surface area contributed by atoms with E-state index in [9.17, 15) is 9.90 Å². The summed E-state index contributed by atoms with van der Waals surface area (Å²) in [5.41, 5.74) is 2.84. The van der Waals surface area contributed by atoms with Crippen LogP contribution in [0.5, 0.6) is 5.75 Å². The van der Waals surface area contributed by atoms with E-state index in [4.69, 9.17) is 0 Å². The molecule has 0 amide bonds. The first-order valence-electron chi connectivity index (χ1n) is 5.85. The average molecular weight is 236 g/mol. The van der Waals surface area contributed by atoms with Gasteiger partial charge in [0.05, 0.1) is 5.92 Å². The van der Waals surface area contributed by atoms with Crippen molar-refractivity contribution in [3.63, 3.8) is 0 Å². The number of allylic oxidation sites excluding steroid dienone is 1. The predicted molar refractivity (Wildman–Crippen MR) is 70.4 cm³/mol. The third kappa shape index (κ3) is 1.72. The SMILES string of the molecule is O=C1C=Cc2cc(O)ccc2C1c1ccccc1. The summed E-state index contributed by atoms with van der Waals surface area (Å²) < 4.78 is 0. The third-order valence-corrected chi connectivity index (χ3v) is 3.23. The number of hydrogen-bond donors (Lipinski definition) is 1. The Morgan fingerprint density at radius 1 is 0.944 bits per heavy atom. The fourth-order valence-corrected chi connectivity index (χ4v) is 2.38. The fourth-order valence-electron chi connectivity index (χ4n) is 2.38. The van der Waals surface area contributed by atoms with Gasteiger partial charge in [-0.3, -0.25) is 4.79 Å². The maximum atomic E-state index is 12.1. The van der Waals surface area contributed by atoms with E-state index in [2.05, 4.69) is 0 Å². The standard InChI is InChI=1S/C16H12O2/c17-13-7-8-14-12(10-13)6-9-15(18)16(14)11-4-2-1-3-5-11/h1-10,16-17H. The number of hydrogen-bond acceptors (Lipinski definition) is 2. The topological polar surface area (TPSA) is 37.3 Å². The minimum absolute atomic E-state index is 0.0828. The molecule has 2 aromatic carbocycles.